The molecule has 180 valence electrons. The quantitative estimate of drug-likeness (QED) is 0.173. The van der Waals surface area contributed by atoms with Crippen molar-refractivity contribution in [2.45, 2.75) is 32.6 Å². The molecule has 1 N–H and O–H groups in total. The van der Waals surface area contributed by atoms with E-state index in [-0.39, 0.29) is 5.91 Å². The first-order valence-corrected chi connectivity index (χ1v) is 11.8. The number of nitriles is 1. The van der Waals surface area contributed by atoms with Crippen LogP contribution in [0.1, 0.15) is 46.7 Å². The fraction of sp³-hybridized carbons (Fsp3) is 0.200. The Balaban J connectivity index is 1.40. The van der Waals surface area contributed by atoms with Gasteiger partial charge in [-0.05, 0) is 48.7 Å². The Morgan fingerprint density at radius 2 is 2.11 bits per heavy atom. The van der Waals surface area contributed by atoms with Crippen LogP contribution in [-0.4, -0.2) is 20.4 Å². The third kappa shape index (κ3) is 5.76. The van der Waals surface area contributed by atoms with Crippen molar-refractivity contribution in [2.24, 2.45) is 5.11 Å². The van der Waals surface area contributed by atoms with Gasteiger partial charge in [-0.2, -0.15) is 5.26 Å². The van der Waals surface area contributed by atoms with Gasteiger partial charge in [0.2, 0.25) is 0 Å². The number of anilines is 1. The highest BCUT2D eigenvalue weighted by molar-refractivity contribution is 7.14. The molecule has 1 aromatic carbocycles. The number of azide groups is 1. The Bertz CT molecular complexity index is 1460. The Hall–Kier alpha value is -4.49. The third-order valence-corrected chi connectivity index (χ3v) is 6.23. The molecule has 0 atom stereocenters. The number of ether oxygens (including phenoxy) is 1. The van der Waals surface area contributed by atoms with Crippen LogP contribution in [-0.2, 0) is 23.5 Å². The highest BCUT2D eigenvalue weighted by Gasteiger charge is 2.25. The van der Waals surface area contributed by atoms with E-state index in [4.69, 9.17) is 10.3 Å². The van der Waals surface area contributed by atoms with Crippen molar-refractivity contribution in [3.63, 3.8) is 0 Å². The van der Waals surface area contributed by atoms with Gasteiger partial charge in [0.1, 0.15) is 17.4 Å². The average molecular weight is 499 g/mol. The molecule has 3 heterocycles. The second kappa shape index (κ2) is 10.8. The van der Waals surface area contributed by atoms with Gasteiger partial charge in [-0.25, -0.2) is 4.98 Å². The van der Waals surface area contributed by atoms with Gasteiger partial charge < -0.3 is 9.30 Å². The maximum atomic E-state index is 13.0. The van der Waals surface area contributed by atoms with Gasteiger partial charge in [0.25, 0.3) is 5.91 Å². The van der Waals surface area contributed by atoms with Gasteiger partial charge in [-0.15, -0.1) is 11.3 Å². The molecule has 36 heavy (non-hydrogen) atoms. The first-order chi connectivity index (χ1) is 17.4. The van der Waals surface area contributed by atoms with E-state index in [0.29, 0.717) is 40.9 Å². The van der Waals surface area contributed by atoms with E-state index in [0.717, 1.165) is 11.1 Å². The number of hydrogen-bond donors (Lipinski definition) is 1. The Labute approximate surface area is 211 Å². The molecule has 4 rings (SSSR count). The van der Waals surface area contributed by atoms with Gasteiger partial charge in [0, 0.05) is 41.1 Å². The molecule has 0 aliphatic carbocycles. The van der Waals surface area contributed by atoms with Crippen molar-refractivity contribution in [2.75, 3.05) is 5.32 Å². The van der Waals surface area contributed by atoms with Gasteiger partial charge in [-0.3, -0.25) is 15.1 Å². The van der Waals surface area contributed by atoms with E-state index in [2.05, 4.69) is 31.4 Å². The van der Waals surface area contributed by atoms with Crippen LogP contribution in [0.3, 0.4) is 0 Å². The average Bonchev–Trinajstić information content (AvgIpc) is 3.54. The minimum atomic E-state index is -0.696. The molecule has 0 bridgehead atoms. The molecule has 4 aromatic rings. The van der Waals surface area contributed by atoms with Crippen LogP contribution in [0.4, 0.5) is 10.8 Å². The summed E-state index contributed by atoms with van der Waals surface area (Å²) in [5.74, 6) is -0.299. The van der Waals surface area contributed by atoms with Crippen molar-refractivity contribution >= 4 is 28.1 Å². The molecular formula is C25H22N8O2S. The maximum absolute atomic E-state index is 13.0. The SMILES string of the molecule is CC(C)(OCc1ccc(N=[N+]=[N-])cc1)c1csc(NC(=O)c2cccn2Cc2ccncc2C#N)n1. The fourth-order valence-electron chi connectivity index (χ4n) is 3.42. The largest absolute Gasteiger partial charge is 0.365 e. The van der Waals surface area contributed by atoms with Crippen LogP contribution >= 0.6 is 11.3 Å². The maximum Gasteiger partial charge on any atom is 0.274 e. The number of benzene rings is 1. The number of pyridine rings is 1. The summed E-state index contributed by atoms with van der Waals surface area (Å²) in [5, 5.41) is 18.0. The summed E-state index contributed by atoms with van der Waals surface area (Å²) in [7, 11) is 0. The topological polar surface area (TPSA) is 142 Å². The summed E-state index contributed by atoms with van der Waals surface area (Å²) in [6.45, 7) is 4.54. The lowest BCUT2D eigenvalue weighted by Crippen LogP contribution is -2.22. The number of amides is 1. The van der Waals surface area contributed by atoms with Crippen molar-refractivity contribution in [3.8, 4) is 6.07 Å². The third-order valence-electron chi connectivity index (χ3n) is 5.47. The van der Waals surface area contributed by atoms with E-state index in [1.54, 1.807) is 47.3 Å². The summed E-state index contributed by atoms with van der Waals surface area (Å²) in [6, 6.07) is 14.5. The van der Waals surface area contributed by atoms with E-state index < -0.39 is 5.60 Å². The predicted molar refractivity (Wildman–Crippen MR) is 136 cm³/mol. The fourth-order valence-corrected chi connectivity index (χ4v) is 4.28. The minimum absolute atomic E-state index is 0.299. The lowest BCUT2D eigenvalue weighted by Gasteiger charge is -2.23. The molecule has 0 fully saturated rings. The number of aromatic nitrogens is 3. The number of hydrogen-bond acceptors (Lipinski definition) is 7. The minimum Gasteiger partial charge on any atom is -0.365 e. The standard InChI is InChI=1S/C25H22N8O2S/c1-25(2,35-15-17-5-7-20(8-6-17)31-32-27)22-16-36-24(29-22)30-23(34)21-4-3-11-33(21)14-18-9-10-28-13-19(18)12-26/h3-11,13,16H,14-15H2,1-2H3,(H,29,30,34). The molecule has 0 aliphatic rings. The summed E-state index contributed by atoms with van der Waals surface area (Å²) in [5.41, 5.74) is 11.7. The second-order valence-electron chi connectivity index (χ2n) is 8.31. The molecule has 0 unspecified atom stereocenters. The molecule has 0 saturated heterocycles. The van der Waals surface area contributed by atoms with Crippen molar-refractivity contribution in [1.29, 1.82) is 5.26 Å². The number of carbonyl (C=O) groups is 1. The Morgan fingerprint density at radius 3 is 2.86 bits per heavy atom. The number of carbonyl (C=O) groups excluding carboxylic acids is 1. The Kier molecular flexibility index (Phi) is 7.42. The van der Waals surface area contributed by atoms with E-state index in [1.807, 2.05) is 31.4 Å². The first-order valence-electron chi connectivity index (χ1n) is 10.9. The Morgan fingerprint density at radius 1 is 1.31 bits per heavy atom. The molecule has 0 radical (unpaired) electrons. The molecule has 0 spiro atoms. The van der Waals surface area contributed by atoms with Gasteiger partial charge >= 0.3 is 0 Å². The van der Waals surface area contributed by atoms with Gasteiger partial charge in [0.15, 0.2) is 5.13 Å². The molecule has 10 nitrogen and oxygen atoms in total. The summed E-state index contributed by atoms with van der Waals surface area (Å²) in [4.78, 5) is 24.3. The molecule has 0 saturated carbocycles. The zero-order chi connectivity index (χ0) is 25.5. The first kappa shape index (κ1) is 24.6. The normalized spacial score (nSPS) is 10.9. The smallest absolute Gasteiger partial charge is 0.274 e. The van der Waals surface area contributed by atoms with Crippen LogP contribution in [0.5, 0.6) is 0 Å². The van der Waals surface area contributed by atoms with Crippen LogP contribution in [0.2, 0.25) is 0 Å². The van der Waals surface area contributed by atoms with Gasteiger partial charge in [-0.1, -0.05) is 29.4 Å². The zero-order valence-electron chi connectivity index (χ0n) is 19.6. The summed E-state index contributed by atoms with van der Waals surface area (Å²) in [6.07, 6.45) is 4.93. The number of thiazole rings is 1. The zero-order valence-corrected chi connectivity index (χ0v) is 20.4. The van der Waals surface area contributed by atoms with Crippen LogP contribution in [0.25, 0.3) is 10.4 Å². The molecule has 11 heteroatoms. The van der Waals surface area contributed by atoms with Crippen LogP contribution in [0.15, 0.2) is 71.5 Å². The number of nitrogens with one attached hydrogen (secondary N) is 1. The lowest BCUT2D eigenvalue weighted by atomic mass is 10.1. The second-order valence-corrected chi connectivity index (χ2v) is 9.17. The monoisotopic (exact) mass is 498 g/mol. The van der Waals surface area contributed by atoms with E-state index in [9.17, 15) is 10.1 Å². The number of rotatable bonds is 9. The molecule has 3 aromatic heterocycles. The molecular weight excluding hydrogens is 476 g/mol. The van der Waals surface area contributed by atoms with Crippen molar-refractivity contribution in [1.82, 2.24) is 14.5 Å². The van der Waals surface area contributed by atoms with E-state index >= 15 is 0 Å². The number of nitrogens with zero attached hydrogens (tertiary/aromatic N) is 7. The predicted octanol–water partition coefficient (Wildman–Crippen LogP) is 5.91. The van der Waals surface area contributed by atoms with Crippen LogP contribution in [0, 0.1) is 11.3 Å². The lowest BCUT2D eigenvalue weighted by molar-refractivity contribution is -0.0362. The summed E-state index contributed by atoms with van der Waals surface area (Å²) < 4.78 is 7.87. The summed E-state index contributed by atoms with van der Waals surface area (Å²) >= 11 is 1.32. The van der Waals surface area contributed by atoms with Crippen molar-refractivity contribution in [3.05, 3.63) is 105 Å². The molecule has 0 aliphatic heterocycles. The van der Waals surface area contributed by atoms with Gasteiger partial charge in [0.05, 0.1) is 17.9 Å². The highest BCUT2D eigenvalue weighted by Crippen LogP contribution is 2.30. The van der Waals surface area contributed by atoms with E-state index in [1.165, 1.54) is 17.5 Å². The van der Waals surface area contributed by atoms with Crippen molar-refractivity contribution < 1.29 is 9.53 Å². The highest BCUT2D eigenvalue weighted by atomic mass is 32.1. The van der Waals surface area contributed by atoms with Crippen LogP contribution < -0.4 is 5.32 Å². The molecule has 1 amide bonds.